The summed E-state index contributed by atoms with van der Waals surface area (Å²) in [5.74, 6) is -0.105. The number of benzene rings is 1. The van der Waals surface area contributed by atoms with E-state index in [4.69, 9.17) is 24.4 Å². The van der Waals surface area contributed by atoms with Crippen LogP contribution in [-0.2, 0) is 9.47 Å². The highest BCUT2D eigenvalue weighted by molar-refractivity contribution is 5.92. The molecule has 3 aromatic heterocycles. The van der Waals surface area contributed by atoms with Crippen molar-refractivity contribution in [1.82, 2.24) is 29.1 Å². The average molecular weight is 580 g/mol. The normalized spacial score (nSPS) is 27.2. The summed E-state index contributed by atoms with van der Waals surface area (Å²) >= 11 is 0. The number of aliphatic hydroxyl groups excluding tert-OH is 2. The fourth-order valence-corrected chi connectivity index (χ4v) is 6.90. The Morgan fingerprint density at radius 2 is 1.93 bits per heavy atom. The molecule has 3 unspecified atom stereocenters. The van der Waals surface area contributed by atoms with Gasteiger partial charge in [-0.15, -0.1) is 0 Å². The lowest BCUT2D eigenvalue weighted by Crippen LogP contribution is -2.45. The van der Waals surface area contributed by atoms with Crippen LogP contribution < -0.4 is 4.90 Å². The summed E-state index contributed by atoms with van der Waals surface area (Å²) < 4.78 is 31.6. The lowest BCUT2D eigenvalue weighted by atomic mass is 9.92. The standard InChI is InChI=1S/C30H38FN7O4/c1-41-21-6-4-5-20(13-21)37-16-32-23-12-19(11-22(31)28(23)37)26-27-29(38(17-33-27)25-7-2-3-10-42-25)35-30(34-26)36-9-8-18(15-39)24(40)14-36/h11-12,16-18,20-21,24-25,39-40H,2-10,13-15H2,1H3/t18-,20?,21?,24+,25?/m1/s1. The van der Waals surface area contributed by atoms with Crippen molar-refractivity contribution in [3.63, 3.8) is 0 Å². The van der Waals surface area contributed by atoms with Gasteiger partial charge in [0.2, 0.25) is 5.95 Å². The topological polar surface area (TPSA) is 124 Å². The van der Waals surface area contributed by atoms with E-state index in [1.807, 2.05) is 20.1 Å². The molecule has 12 heteroatoms. The molecule has 3 aliphatic rings. The van der Waals surface area contributed by atoms with Crippen LogP contribution in [0.1, 0.15) is 63.6 Å². The van der Waals surface area contributed by atoms with Crippen molar-refractivity contribution in [3.05, 3.63) is 30.6 Å². The highest BCUT2D eigenvalue weighted by Crippen LogP contribution is 2.37. The van der Waals surface area contributed by atoms with Crippen LogP contribution in [0.2, 0.25) is 0 Å². The van der Waals surface area contributed by atoms with E-state index in [9.17, 15) is 10.2 Å². The van der Waals surface area contributed by atoms with Crippen molar-refractivity contribution in [2.75, 3.05) is 38.3 Å². The number of methoxy groups -OCH3 is 1. The number of β-amino-alcohol motifs (C(OH)–C–C–N with tert-alkyl or cyclic N) is 1. The van der Waals surface area contributed by atoms with Gasteiger partial charge in [-0.2, -0.15) is 4.98 Å². The van der Waals surface area contributed by atoms with E-state index in [0.717, 1.165) is 44.9 Å². The molecule has 2 N–H and O–H groups in total. The van der Waals surface area contributed by atoms with Gasteiger partial charge in [-0.25, -0.2) is 19.3 Å². The van der Waals surface area contributed by atoms with Crippen LogP contribution in [0.4, 0.5) is 10.3 Å². The number of nitrogens with zero attached hydrogens (tertiary/aromatic N) is 7. The Kier molecular flexibility index (Phi) is 7.55. The molecular weight excluding hydrogens is 541 g/mol. The van der Waals surface area contributed by atoms with Crippen molar-refractivity contribution in [2.45, 2.75) is 75.8 Å². The molecule has 42 heavy (non-hydrogen) atoms. The third-order valence-corrected chi connectivity index (χ3v) is 9.34. The number of aliphatic hydroxyl groups is 2. The maximum atomic E-state index is 16.0. The number of hydrogen-bond donors (Lipinski definition) is 2. The first-order valence-corrected chi connectivity index (χ1v) is 15.1. The van der Waals surface area contributed by atoms with Crippen LogP contribution in [0.3, 0.4) is 0 Å². The van der Waals surface area contributed by atoms with Gasteiger partial charge in [0.25, 0.3) is 0 Å². The second kappa shape index (κ2) is 11.5. The number of piperidine rings is 1. The zero-order valence-corrected chi connectivity index (χ0v) is 23.9. The predicted octanol–water partition coefficient (Wildman–Crippen LogP) is 3.99. The zero-order chi connectivity index (χ0) is 28.8. The maximum Gasteiger partial charge on any atom is 0.228 e. The fraction of sp³-hybridized carbons (Fsp3) is 0.600. The molecule has 0 spiro atoms. The molecule has 0 radical (unpaired) electrons. The zero-order valence-electron chi connectivity index (χ0n) is 23.9. The molecule has 224 valence electrons. The van der Waals surface area contributed by atoms with Crippen molar-refractivity contribution in [2.24, 2.45) is 5.92 Å². The molecule has 5 atom stereocenters. The summed E-state index contributed by atoms with van der Waals surface area (Å²) in [7, 11) is 1.74. The van der Waals surface area contributed by atoms with E-state index in [-0.39, 0.29) is 36.7 Å². The molecule has 1 saturated carbocycles. The minimum absolute atomic E-state index is 0.0646. The van der Waals surface area contributed by atoms with Crippen LogP contribution in [0.5, 0.6) is 0 Å². The monoisotopic (exact) mass is 579 g/mol. The van der Waals surface area contributed by atoms with Crippen LogP contribution in [0.15, 0.2) is 24.8 Å². The van der Waals surface area contributed by atoms with Crippen LogP contribution in [-0.4, -0.2) is 84.9 Å². The number of imidazole rings is 2. The third kappa shape index (κ3) is 4.93. The summed E-state index contributed by atoms with van der Waals surface area (Å²) in [6.45, 7) is 1.49. The Bertz CT molecular complexity index is 1570. The summed E-state index contributed by atoms with van der Waals surface area (Å²) in [4.78, 5) is 21.1. The van der Waals surface area contributed by atoms with E-state index in [2.05, 4.69) is 4.98 Å². The van der Waals surface area contributed by atoms with Gasteiger partial charge < -0.3 is 29.2 Å². The number of rotatable bonds is 6. The van der Waals surface area contributed by atoms with Crippen LogP contribution >= 0.6 is 0 Å². The first-order chi connectivity index (χ1) is 20.5. The number of ether oxygens (including phenoxy) is 2. The fourth-order valence-electron chi connectivity index (χ4n) is 6.90. The van der Waals surface area contributed by atoms with Gasteiger partial charge in [0.05, 0.1) is 30.4 Å². The number of hydrogen-bond acceptors (Lipinski definition) is 9. The minimum atomic E-state index is -0.701. The molecule has 0 bridgehead atoms. The lowest BCUT2D eigenvalue weighted by Gasteiger charge is -2.35. The summed E-state index contributed by atoms with van der Waals surface area (Å²) in [6, 6.07) is 3.53. The molecule has 2 aliphatic heterocycles. The first kappa shape index (κ1) is 27.6. The van der Waals surface area contributed by atoms with Crippen molar-refractivity contribution in [3.8, 4) is 11.3 Å². The highest BCUT2D eigenvalue weighted by atomic mass is 19.1. The Morgan fingerprint density at radius 1 is 1.05 bits per heavy atom. The first-order valence-electron chi connectivity index (χ1n) is 15.1. The van der Waals surface area contributed by atoms with Gasteiger partial charge in [0.1, 0.15) is 28.8 Å². The lowest BCUT2D eigenvalue weighted by molar-refractivity contribution is -0.0298. The van der Waals surface area contributed by atoms with Crippen molar-refractivity contribution < 1.29 is 24.1 Å². The van der Waals surface area contributed by atoms with Gasteiger partial charge in [0.15, 0.2) is 5.65 Å². The van der Waals surface area contributed by atoms with Gasteiger partial charge in [-0.3, -0.25) is 4.57 Å². The van der Waals surface area contributed by atoms with E-state index in [1.165, 1.54) is 6.07 Å². The molecule has 7 rings (SSSR count). The highest BCUT2D eigenvalue weighted by Gasteiger charge is 2.31. The average Bonchev–Trinajstić information content (AvgIpc) is 3.66. The summed E-state index contributed by atoms with van der Waals surface area (Å²) in [5, 5.41) is 20.3. The number of anilines is 1. The molecule has 11 nitrogen and oxygen atoms in total. The van der Waals surface area contributed by atoms with Gasteiger partial charge >= 0.3 is 0 Å². The van der Waals surface area contributed by atoms with Crippen molar-refractivity contribution >= 4 is 28.1 Å². The Labute approximate surface area is 243 Å². The molecule has 1 aromatic carbocycles. The molecule has 3 fully saturated rings. The quantitative estimate of drug-likeness (QED) is 0.349. The Hall–Kier alpha value is -3.19. The molecule has 4 aromatic rings. The Morgan fingerprint density at radius 3 is 2.71 bits per heavy atom. The van der Waals surface area contributed by atoms with E-state index >= 15 is 4.39 Å². The SMILES string of the molecule is COC1CCCC(n2cnc3cc(-c4nc(N5CC[C@H](CO)[C@@H](O)C5)nc5c4ncn5C4CCCCO4)cc(F)c32)C1. The van der Waals surface area contributed by atoms with E-state index in [0.29, 0.717) is 65.5 Å². The minimum Gasteiger partial charge on any atom is -0.396 e. The summed E-state index contributed by atoms with van der Waals surface area (Å²) in [5.41, 5.74) is 3.30. The van der Waals surface area contributed by atoms with Gasteiger partial charge in [-0.05, 0) is 63.5 Å². The largest absolute Gasteiger partial charge is 0.396 e. The van der Waals surface area contributed by atoms with Gasteiger partial charge in [0, 0.05) is 50.9 Å². The van der Waals surface area contributed by atoms with Crippen LogP contribution in [0.25, 0.3) is 33.5 Å². The number of fused-ring (bicyclic) bond motifs is 2. The third-order valence-electron chi connectivity index (χ3n) is 9.34. The summed E-state index contributed by atoms with van der Waals surface area (Å²) in [6.07, 6.45) is 10.1. The maximum absolute atomic E-state index is 16.0. The predicted molar refractivity (Wildman–Crippen MR) is 155 cm³/mol. The molecule has 1 aliphatic carbocycles. The smallest absolute Gasteiger partial charge is 0.228 e. The number of aromatic nitrogens is 6. The van der Waals surface area contributed by atoms with Crippen LogP contribution in [0, 0.1) is 11.7 Å². The Balaban J connectivity index is 1.32. The van der Waals surface area contributed by atoms with Gasteiger partial charge in [-0.1, -0.05) is 0 Å². The molecule has 0 amide bonds. The second-order valence-corrected chi connectivity index (χ2v) is 11.9. The molecule has 2 saturated heterocycles. The molecular formula is C30H38FN7O4. The van der Waals surface area contributed by atoms with Crippen molar-refractivity contribution in [1.29, 1.82) is 0 Å². The molecule has 5 heterocycles. The van der Waals surface area contributed by atoms with E-state index < -0.39 is 6.10 Å². The number of halogens is 1. The second-order valence-electron chi connectivity index (χ2n) is 11.9. The van der Waals surface area contributed by atoms with E-state index in [1.54, 1.807) is 19.8 Å².